The zero-order valence-corrected chi connectivity index (χ0v) is 13.4. The van der Waals surface area contributed by atoms with Gasteiger partial charge < -0.3 is 10.2 Å². The van der Waals surface area contributed by atoms with Gasteiger partial charge in [-0.2, -0.15) is 0 Å². The van der Waals surface area contributed by atoms with Crippen LogP contribution < -0.4 is 5.32 Å². The minimum absolute atomic E-state index is 0.106. The molecule has 0 atom stereocenters. The van der Waals surface area contributed by atoms with Crippen molar-refractivity contribution in [1.29, 1.82) is 0 Å². The fraction of sp³-hybridized carbons (Fsp3) is 0.278. The Balaban J connectivity index is 1.57. The molecular formula is C18H18ClFN2O. The molecule has 1 N–H and O–H groups in total. The van der Waals surface area contributed by atoms with Gasteiger partial charge in [-0.15, -0.1) is 0 Å². The summed E-state index contributed by atoms with van der Waals surface area (Å²) in [5.74, 6) is -0.487. The third-order valence-corrected chi connectivity index (χ3v) is 4.28. The fourth-order valence-electron chi connectivity index (χ4n) is 2.84. The van der Waals surface area contributed by atoms with Gasteiger partial charge in [0.2, 0.25) is 0 Å². The monoisotopic (exact) mass is 332 g/mol. The van der Waals surface area contributed by atoms with Crippen molar-refractivity contribution in [3.05, 3.63) is 64.9 Å². The lowest BCUT2D eigenvalue weighted by Crippen LogP contribution is -2.42. The van der Waals surface area contributed by atoms with Crippen molar-refractivity contribution in [2.24, 2.45) is 0 Å². The Morgan fingerprint density at radius 3 is 2.57 bits per heavy atom. The number of nitrogens with zero attached hydrogens (tertiary/aromatic N) is 1. The molecule has 1 aliphatic heterocycles. The van der Waals surface area contributed by atoms with E-state index in [1.54, 1.807) is 17.0 Å². The number of nitrogens with one attached hydrogen (secondary N) is 1. The van der Waals surface area contributed by atoms with Crippen molar-refractivity contribution in [3.8, 4) is 0 Å². The molecule has 0 aliphatic carbocycles. The molecule has 0 unspecified atom stereocenters. The summed E-state index contributed by atoms with van der Waals surface area (Å²) in [5, 5.41) is 4.15. The number of hydrogen-bond donors (Lipinski definition) is 1. The average molecular weight is 333 g/mol. The molecule has 0 aromatic heterocycles. The summed E-state index contributed by atoms with van der Waals surface area (Å²) in [5.41, 5.74) is 1.40. The van der Waals surface area contributed by atoms with Crippen LogP contribution in [0.5, 0.6) is 0 Å². The van der Waals surface area contributed by atoms with E-state index in [0.717, 1.165) is 18.5 Å². The molecule has 3 nitrogen and oxygen atoms in total. The first-order valence-electron chi connectivity index (χ1n) is 7.69. The largest absolute Gasteiger partial charge is 0.382 e. The SMILES string of the molecule is O=C(c1cccc(F)c1)N1CCC(Nc2cccc(Cl)c2)CC1. The number of carbonyl (C=O) groups excluding carboxylic acids is 1. The number of likely N-dealkylation sites (tertiary alicyclic amines) is 1. The molecule has 1 amide bonds. The van der Waals surface area contributed by atoms with Crippen molar-refractivity contribution >= 4 is 23.2 Å². The Hall–Kier alpha value is -2.07. The van der Waals surface area contributed by atoms with E-state index in [1.165, 1.54) is 12.1 Å². The highest BCUT2D eigenvalue weighted by Crippen LogP contribution is 2.20. The molecule has 23 heavy (non-hydrogen) atoms. The molecule has 120 valence electrons. The quantitative estimate of drug-likeness (QED) is 0.913. The van der Waals surface area contributed by atoms with E-state index >= 15 is 0 Å². The van der Waals surface area contributed by atoms with Crippen LogP contribution in [0.25, 0.3) is 0 Å². The predicted octanol–water partition coefficient (Wildman–Crippen LogP) is 4.20. The van der Waals surface area contributed by atoms with Crippen LogP contribution in [0, 0.1) is 5.82 Å². The number of rotatable bonds is 3. The van der Waals surface area contributed by atoms with Gasteiger partial charge in [0.1, 0.15) is 5.82 Å². The second kappa shape index (κ2) is 7.01. The van der Waals surface area contributed by atoms with Crippen molar-refractivity contribution in [2.75, 3.05) is 18.4 Å². The first-order valence-corrected chi connectivity index (χ1v) is 8.06. The van der Waals surface area contributed by atoms with E-state index in [0.29, 0.717) is 29.7 Å². The first kappa shape index (κ1) is 15.8. The van der Waals surface area contributed by atoms with Gasteiger partial charge in [0.25, 0.3) is 5.91 Å². The molecule has 0 bridgehead atoms. The third-order valence-electron chi connectivity index (χ3n) is 4.05. The molecule has 5 heteroatoms. The van der Waals surface area contributed by atoms with Gasteiger partial charge in [-0.3, -0.25) is 4.79 Å². The number of anilines is 1. The Bertz CT molecular complexity index is 699. The lowest BCUT2D eigenvalue weighted by Gasteiger charge is -2.33. The van der Waals surface area contributed by atoms with Crippen molar-refractivity contribution in [2.45, 2.75) is 18.9 Å². The van der Waals surface area contributed by atoms with Gasteiger partial charge in [0, 0.05) is 35.4 Å². The molecule has 2 aromatic rings. The zero-order chi connectivity index (χ0) is 16.2. The standard InChI is InChI=1S/C18H18ClFN2O/c19-14-4-2-6-17(12-14)21-16-7-9-22(10-8-16)18(23)13-3-1-5-15(20)11-13/h1-6,11-12,16,21H,7-10H2. The Kier molecular flexibility index (Phi) is 4.82. The summed E-state index contributed by atoms with van der Waals surface area (Å²) in [4.78, 5) is 14.2. The maximum Gasteiger partial charge on any atom is 0.253 e. The summed E-state index contributed by atoms with van der Waals surface area (Å²) < 4.78 is 13.2. The molecule has 3 rings (SSSR count). The van der Waals surface area contributed by atoms with Crippen molar-refractivity contribution in [1.82, 2.24) is 4.90 Å². The number of carbonyl (C=O) groups is 1. The summed E-state index contributed by atoms with van der Waals surface area (Å²) >= 11 is 5.98. The molecule has 1 fully saturated rings. The van der Waals surface area contributed by atoms with Crippen LogP contribution in [0.2, 0.25) is 5.02 Å². The summed E-state index contributed by atoms with van der Waals surface area (Å²) in [6.45, 7) is 1.32. The third kappa shape index (κ3) is 4.02. The normalized spacial score (nSPS) is 15.5. The lowest BCUT2D eigenvalue weighted by atomic mass is 10.0. The van der Waals surface area contributed by atoms with E-state index in [-0.39, 0.29) is 11.7 Å². The van der Waals surface area contributed by atoms with Crippen molar-refractivity contribution < 1.29 is 9.18 Å². The zero-order valence-electron chi connectivity index (χ0n) is 12.6. The van der Waals surface area contributed by atoms with Gasteiger partial charge in [0.05, 0.1) is 0 Å². The first-order chi connectivity index (χ1) is 11.1. The maximum atomic E-state index is 13.2. The van der Waals surface area contributed by atoms with Crippen LogP contribution in [0.1, 0.15) is 23.2 Å². The van der Waals surface area contributed by atoms with Crippen LogP contribution >= 0.6 is 11.6 Å². The van der Waals surface area contributed by atoms with Crippen LogP contribution in [0.3, 0.4) is 0 Å². The molecular weight excluding hydrogens is 315 g/mol. The molecule has 2 aromatic carbocycles. The number of halogens is 2. The number of hydrogen-bond acceptors (Lipinski definition) is 2. The summed E-state index contributed by atoms with van der Waals surface area (Å²) in [6, 6.07) is 13.8. The summed E-state index contributed by atoms with van der Waals surface area (Å²) in [6.07, 6.45) is 1.71. The van der Waals surface area contributed by atoms with Crippen LogP contribution in [-0.4, -0.2) is 29.9 Å². The average Bonchev–Trinajstić information content (AvgIpc) is 2.55. The Labute approximate surface area is 140 Å². The van der Waals surface area contributed by atoms with E-state index in [4.69, 9.17) is 11.6 Å². The molecule has 1 saturated heterocycles. The van der Waals surface area contributed by atoms with Gasteiger partial charge in [-0.1, -0.05) is 23.7 Å². The van der Waals surface area contributed by atoms with E-state index in [2.05, 4.69) is 5.32 Å². The van der Waals surface area contributed by atoms with Gasteiger partial charge in [0.15, 0.2) is 0 Å². The number of piperidine rings is 1. The van der Waals surface area contributed by atoms with Crippen LogP contribution in [0.15, 0.2) is 48.5 Å². The van der Waals surface area contributed by atoms with E-state index in [9.17, 15) is 9.18 Å². The molecule has 0 saturated carbocycles. The second-order valence-electron chi connectivity index (χ2n) is 5.73. The highest BCUT2D eigenvalue weighted by atomic mass is 35.5. The highest BCUT2D eigenvalue weighted by molar-refractivity contribution is 6.30. The van der Waals surface area contributed by atoms with Crippen LogP contribution in [-0.2, 0) is 0 Å². The topological polar surface area (TPSA) is 32.3 Å². The lowest BCUT2D eigenvalue weighted by molar-refractivity contribution is 0.0718. The second-order valence-corrected chi connectivity index (χ2v) is 6.17. The molecule has 1 aliphatic rings. The highest BCUT2D eigenvalue weighted by Gasteiger charge is 2.23. The van der Waals surface area contributed by atoms with Gasteiger partial charge in [-0.05, 0) is 49.2 Å². The fourth-order valence-corrected chi connectivity index (χ4v) is 3.04. The molecule has 0 radical (unpaired) electrons. The Morgan fingerprint density at radius 2 is 1.87 bits per heavy atom. The summed E-state index contributed by atoms with van der Waals surface area (Å²) in [7, 11) is 0. The van der Waals surface area contributed by atoms with Crippen LogP contribution in [0.4, 0.5) is 10.1 Å². The van der Waals surface area contributed by atoms with E-state index < -0.39 is 0 Å². The van der Waals surface area contributed by atoms with Crippen molar-refractivity contribution in [3.63, 3.8) is 0 Å². The minimum atomic E-state index is -0.381. The minimum Gasteiger partial charge on any atom is -0.382 e. The predicted molar refractivity (Wildman–Crippen MR) is 90.4 cm³/mol. The smallest absolute Gasteiger partial charge is 0.253 e. The van der Waals surface area contributed by atoms with E-state index in [1.807, 2.05) is 24.3 Å². The number of benzene rings is 2. The molecule has 1 heterocycles. The number of amides is 1. The Morgan fingerprint density at radius 1 is 1.13 bits per heavy atom. The van der Waals surface area contributed by atoms with Gasteiger partial charge in [-0.25, -0.2) is 4.39 Å². The molecule has 0 spiro atoms. The van der Waals surface area contributed by atoms with Gasteiger partial charge >= 0.3 is 0 Å². The maximum absolute atomic E-state index is 13.2.